The first-order valence-electron chi connectivity index (χ1n) is 4.67. The van der Waals surface area contributed by atoms with E-state index in [0.717, 1.165) is 0 Å². The van der Waals surface area contributed by atoms with Crippen LogP contribution in [0.5, 0.6) is 0 Å². The molecule has 0 saturated heterocycles. The van der Waals surface area contributed by atoms with E-state index >= 15 is 0 Å². The number of allylic oxidation sites excluding steroid dienone is 1. The number of hydrogen-bond donors (Lipinski definition) is 0. The second kappa shape index (κ2) is 6.86. The van der Waals surface area contributed by atoms with Gasteiger partial charge in [0.15, 0.2) is 5.57 Å². The Morgan fingerprint density at radius 3 is 1.67 bits per heavy atom. The highest BCUT2D eigenvalue weighted by molar-refractivity contribution is 6.14. The Hall–Kier alpha value is -1.52. The van der Waals surface area contributed by atoms with E-state index in [1.165, 1.54) is 14.0 Å². The van der Waals surface area contributed by atoms with Crippen LogP contribution < -0.4 is 0 Å². The lowest BCUT2D eigenvalue weighted by Gasteiger charge is -2.09. The fourth-order valence-corrected chi connectivity index (χ4v) is 0.879. The molecule has 0 fully saturated rings. The van der Waals surface area contributed by atoms with Gasteiger partial charge in [0.1, 0.15) is 5.76 Å². The Kier molecular flexibility index (Phi) is 6.17. The third kappa shape index (κ3) is 4.01. The summed E-state index contributed by atoms with van der Waals surface area (Å²) in [6.45, 7) is 5.20. The van der Waals surface area contributed by atoms with E-state index in [0.29, 0.717) is 0 Å². The van der Waals surface area contributed by atoms with Crippen molar-refractivity contribution in [3.05, 3.63) is 11.3 Å². The molecule has 0 aliphatic heterocycles. The van der Waals surface area contributed by atoms with Crippen molar-refractivity contribution in [1.82, 2.24) is 0 Å². The van der Waals surface area contributed by atoms with Crippen molar-refractivity contribution in [2.45, 2.75) is 20.8 Å². The lowest BCUT2D eigenvalue weighted by molar-refractivity contribution is -0.147. The Balaban J connectivity index is 4.90. The molecular weight excluding hydrogens is 200 g/mol. The Morgan fingerprint density at radius 2 is 1.40 bits per heavy atom. The molecule has 0 aliphatic carbocycles. The maximum absolute atomic E-state index is 11.4. The van der Waals surface area contributed by atoms with Gasteiger partial charge in [-0.15, -0.1) is 0 Å². The van der Waals surface area contributed by atoms with Gasteiger partial charge in [-0.05, 0) is 20.8 Å². The minimum absolute atomic E-state index is 0.187. The maximum atomic E-state index is 11.4. The lowest BCUT2D eigenvalue weighted by Crippen LogP contribution is -2.20. The van der Waals surface area contributed by atoms with Crippen LogP contribution in [-0.2, 0) is 23.8 Å². The quantitative estimate of drug-likeness (QED) is 0.226. The van der Waals surface area contributed by atoms with Crippen LogP contribution in [0.1, 0.15) is 20.8 Å². The van der Waals surface area contributed by atoms with Crippen LogP contribution in [-0.4, -0.2) is 32.3 Å². The van der Waals surface area contributed by atoms with Gasteiger partial charge in [0.2, 0.25) is 0 Å². The monoisotopic (exact) mass is 216 g/mol. The molecule has 86 valence electrons. The standard InChI is InChI=1S/C10H16O5/c1-5-14-9(11)8(7(3)13-4)10(12)15-6-2/h5-6H2,1-4H3. The second-order valence-corrected chi connectivity index (χ2v) is 2.58. The summed E-state index contributed by atoms with van der Waals surface area (Å²) in [6.07, 6.45) is 0. The highest BCUT2D eigenvalue weighted by atomic mass is 16.6. The van der Waals surface area contributed by atoms with Gasteiger partial charge in [0.25, 0.3) is 0 Å². The largest absolute Gasteiger partial charge is 0.500 e. The first-order chi connectivity index (χ1) is 7.08. The molecule has 0 saturated carbocycles. The minimum atomic E-state index is -0.727. The molecule has 0 radical (unpaired) electrons. The van der Waals surface area contributed by atoms with Crippen LogP contribution >= 0.6 is 0 Å². The molecule has 5 nitrogen and oxygen atoms in total. The van der Waals surface area contributed by atoms with Gasteiger partial charge >= 0.3 is 11.9 Å². The van der Waals surface area contributed by atoms with Crippen LogP contribution in [0.25, 0.3) is 0 Å². The number of rotatable bonds is 5. The normalized spacial score (nSPS) is 9.07. The molecule has 0 spiro atoms. The van der Waals surface area contributed by atoms with E-state index in [-0.39, 0.29) is 24.5 Å². The van der Waals surface area contributed by atoms with E-state index in [1.54, 1.807) is 13.8 Å². The van der Waals surface area contributed by atoms with Crippen molar-refractivity contribution in [2.24, 2.45) is 0 Å². The summed E-state index contributed by atoms with van der Waals surface area (Å²) >= 11 is 0. The van der Waals surface area contributed by atoms with E-state index in [4.69, 9.17) is 14.2 Å². The predicted octanol–water partition coefficient (Wildman–Crippen LogP) is 1.03. The first kappa shape index (κ1) is 13.5. The summed E-state index contributed by atoms with van der Waals surface area (Å²) in [6, 6.07) is 0. The fourth-order valence-electron chi connectivity index (χ4n) is 0.879. The molecule has 0 rings (SSSR count). The zero-order valence-electron chi connectivity index (χ0n) is 9.46. The van der Waals surface area contributed by atoms with Crippen molar-refractivity contribution >= 4 is 11.9 Å². The zero-order valence-corrected chi connectivity index (χ0v) is 9.46. The number of carbonyl (C=O) groups is 2. The maximum Gasteiger partial charge on any atom is 0.349 e. The molecule has 0 aromatic carbocycles. The van der Waals surface area contributed by atoms with Gasteiger partial charge in [-0.1, -0.05) is 0 Å². The van der Waals surface area contributed by atoms with Crippen molar-refractivity contribution in [3.8, 4) is 0 Å². The van der Waals surface area contributed by atoms with Gasteiger partial charge in [0, 0.05) is 0 Å². The van der Waals surface area contributed by atoms with Gasteiger partial charge < -0.3 is 14.2 Å². The number of methoxy groups -OCH3 is 1. The van der Waals surface area contributed by atoms with Gasteiger partial charge in [-0.2, -0.15) is 0 Å². The smallest absolute Gasteiger partial charge is 0.349 e. The van der Waals surface area contributed by atoms with Gasteiger partial charge in [-0.25, -0.2) is 9.59 Å². The lowest BCUT2D eigenvalue weighted by atomic mass is 10.2. The molecule has 0 atom stereocenters. The molecule has 0 amide bonds. The van der Waals surface area contributed by atoms with Crippen molar-refractivity contribution in [2.75, 3.05) is 20.3 Å². The Bertz CT molecular complexity index is 247. The number of ether oxygens (including phenoxy) is 3. The van der Waals surface area contributed by atoms with Crippen molar-refractivity contribution in [1.29, 1.82) is 0 Å². The predicted molar refractivity (Wildman–Crippen MR) is 53.0 cm³/mol. The zero-order chi connectivity index (χ0) is 11.8. The Labute approximate surface area is 89.0 Å². The van der Waals surface area contributed by atoms with E-state index in [1.807, 2.05) is 0 Å². The highest BCUT2D eigenvalue weighted by Gasteiger charge is 2.24. The average Bonchev–Trinajstić information content (AvgIpc) is 2.18. The van der Waals surface area contributed by atoms with Crippen LogP contribution in [0.2, 0.25) is 0 Å². The summed E-state index contributed by atoms with van der Waals surface area (Å²) in [7, 11) is 1.37. The summed E-state index contributed by atoms with van der Waals surface area (Å²) in [5, 5.41) is 0. The third-order valence-electron chi connectivity index (χ3n) is 1.62. The van der Waals surface area contributed by atoms with Crippen LogP contribution in [0, 0.1) is 0 Å². The molecule has 0 bridgehead atoms. The number of esters is 2. The number of carbonyl (C=O) groups excluding carboxylic acids is 2. The summed E-state index contributed by atoms with van der Waals surface area (Å²) in [5.41, 5.74) is -0.193. The first-order valence-corrected chi connectivity index (χ1v) is 4.67. The van der Waals surface area contributed by atoms with Gasteiger partial charge in [0.05, 0.1) is 20.3 Å². The Morgan fingerprint density at radius 1 is 1.00 bits per heavy atom. The van der Waals surface area contributed by atoms with Crippen LogP contribution in [0.3, 0.4) is 0 Å². The summed E-state index contributed by atoms with van der Waals surface area (Å²) in [4.78, 5) is 22.8. The van der Waals surface area contributed by atoms with E-state index in [9.17, 15) is 9.59 Å². The summed E-state index contributed by atoms with van der Waals surface area (Å²) in [5.74, 6) is -1.27. The van der Waals surface area contributed by atoms with Crippen molar-refractivity contribution in [3.63, 3.8) is 0 Å². The molecule has 0 heterocycles. The third-order valence-corrected chi connectivity index (χ3v) is 1.62. The molecule has 5 heteroatoms. The topological polar surface area (TPSA) is 61.8 Å². The molecule has 0 unspecified atom stereocenters. The van der Waals surface area contributed by atoms with Gasteiger partial charge in [-0.3, -0.25) is 0 Å². The molecule has 0 aromatic rings. The van der Waals surface area contributed by atoms with Crippen molar-refractivity contribution < 1.29 is 23.8 Å². The van der Waals surface area contributed by atoms with Crippen LogP contribution in [0.15, 0.2) is 11.3 Å². The molecule has 0 aliphatic rings. The molecular formula is C10H16O5. The highest BCUT2D eigenvalue weighted by Crippen LogP contribution is 2.09. The van der Waals surface area contributed by atoms with E-state index in [2.05, 4.69) is 0 Å². The average molecular weight is 216 g/mol. The summed E-state index contributed by atoms with van der Waals surface area (Å²) < 4.78 is 14.3. The molecule has 15 heavy (non-hydrogen) atoms. The second-order valence-electron chi connectivity index (χ2n) is 2.58. The molecule has 0 aromatic heterocycles. The van der Waals surface area contributed by atoms with Crippen LogP contribution in [0.4, 0.5) is 0 Å². The molecule has 0 N–H and O–H groups in total. The minimum Gasteiger partial charge on any atom is -0.500 e. The van der Waals surface area contributed by atoms with E-state index < -0.39 is 11.9 Å². The number of hydrogen-bond acceptors (Lipinski definition) is 5. The SMILES string of the molecule is CCOC(=O)C(C(=O)OCC)=C(C)OC. The fraction of sp³-hybridized carbons (Fsp3) is 0.600.